The Bertz CT molecular complexity index is 315. The molecule has 0 radical (unpaired) electrons. The molecule has 1 fully saturated rings. The van der Waals surface area contributed by atoms with Gasteiger partial charge in [-0.25, -0.2) is 0 Å². The van der Waals surface area contributed by atoms with E-state index in [9.17, 15) is 24.9 Å². The minimum Gasteiger partial charge on any atom is -0.463 e. The fourth-order valence-electron chi connectivity index (χ4n) is 1.58. The Kier molecular flexibility index (Phi) is 5.03. The predicted octanol–water partition coefficient (Wildman–Crippen LogP) is -2.08. The minimum atomic E-state index is -1.60. The number of ether oxygens (including phenoxy) is 3. The number of rotatable bonds is 3. The molecule has 8 heteroatoms. The van der Waals surface area contributed by atoms with Gasteiger partial charge < -0.3 is 29.5 Å². The van der Waals surface area contributed by atoms with Crippen LogP contribution in [0.4, 0.5) is 0 Å². The van der Waals surface area contributed by atoms with Crippen molar-refractivity contribution in [1.29, 1.82) is 0 Å². The van der Waals surface area contributed by atoms with Gasteiger partial charge in [0.2, 0.25) is 0 Å². The van der Waals surface area contributed by atoms with Crippen molar-refractivity contribution in [2.75, 3.05) is 6.61 Å². The summed E-state index contributed by atoms with van der Waals surface area (Å²) in [5.74, 6) is -1.32. The fourth-order valence-corrected chi connectivity index (χ4v) is 1.58. The van der Waals surface area contributed by atoms with Crippen LogP contribution in [0.2, 0.25) is 0 Å². The summed E-state index contributed by atoms with van der Waals surface area (Å²) in [6.07, 6.45) is -7.06. The highest BCUT2D eigenvalue weighted by atomic mass is 16.7. The van der Waals surface area contributed by atoms with Crippen molar-refractivity contribution in [2.24, 2.45) is 0 Å². The maximum Gasteiger partial charge on any atom is 0.303 e. The SMILES string of the molecule is CC(=O)OCC1O[C@@H](O)[C@@H](OC(C)=O)C(O)[C@H]1O. The Balaban J connectivity index is 2.64. The van der Waals surface area contributed by atoms with Gasteiger partial charge in [-0.3, -0.25) is 9.59 Å². The van der Waals surface area contributed by atoms with Crippen molar-refractivity contribution >= 4 is 11.9 Å². The lowest BCUT2D eigenvalue weighted by atomic mass is 9.99. The average Bonchev–Trinajstić information content (AvgIpc) is 2.27. The van der Waals surface area contributed by atoms with E-state index in [-0.39, 0.29) is 6.61 Å². The molecule has 0 amide bonds. The third-order valence-corrected chi connectivity index (χ3v) is 2.42. The molecule has 0 bridgehead atoms. The van der Waals surface area contributed by atoms with Crippen molar-refractivity contribution in [3.63, 3.8) is 0 Å². The van der Waals surface area contributed by atoms with Crippen LogP contribution in [-0.4, -0.2) is 64.6 Å². The van der Waals surface area contributed by atoms with Gasteiger partial charge in [0.05, 0.1) is 0 Å². The van der Waals surface area contributed by atoms with Gasteiger partial charge in [-0.15, -0.1) is 0 Å². The molecular formula is C10H16O8. The quantitative estimate of drug-likeness (QED) is 0.496. The maximum atomic E-state index is 10.8. The van der Waals surface area contributed by atoms with Crippen LogP contribution < -0.4 is 0 Å². The van der Waals surface area contributed by atoms with E-state index in [0.29, 0.717) is 0 Å². The standard InChI is InChI=1S/C10H16O8/c1-4(11)16-3-6-7(13)8(14)9(10(15)18-6)17-5(2)12/h6-10,13-15H,3H2,1-2H3/t6?,7-,8?,9-,10+/m0/s1. The zero-order chi connectivity index (χ0) is 13.9. The summed E-state index contributed by atoms with van der Waals surface area (Å²) >= 11 is 0. The first kappa shape index (κ1) is 14.8. The lowest BCUT2D eigenvalue weighted by Gasteiger charge is -2.39. The first-order valence-electron chi connectivity index (χ1n) is 5.33. The third-order valence-electron chi connectivity index (χ3n) is 2.42. The summed E-state index contributed by atoms with van der Waals surface area (Å²) in [5.41, 5.74) is 0. The molecule has 0 aromatic carbocycles. The maximum absolute atomic E-state index is 10.8. The molecule has 2 unspecified atom stereocenters. The van der Waals surface area contributed by atoms with Crippen LogP contribution >= 0.6 is 0 Å². The molecule has 0 aliphatic carbocycles. The van der Waals surface area contributed by atoms with Gasteiger partial charge in [0.1, 0.15) is 24.9 Å². The number of carbonyl (C=O) groups is 2. The predicted molar refractivity (Wildman–Crippen MR) is 55.1 cm³/mol. The number of hydrogen-bond donors (Lipinski definition) is 3. The number of carbonyl (C=O) groups excluding carboxylic acids is 2. The Hall–Kier alpha value is -1.22. The normalized spacial score (nSPS) is 35.9. The number of hydrogen-bond acceptors (Lipinski definition) is 8. The van der Waals surface area contributed by atoms with Gasteiger partial charge in [-0.1, -0.05) is 0 Å². The molecular weight excluding hydrogens is 248 g/mol. The smallest absolute Gasteiger partial charge is 0.303 e. The van der Waals surface area contributed by atoms with Crippen molar-refractivity contribution in [1.82, 2.24) is 0 Å². The number of aliphatic hydroxyl groups excluding tert-OH is 3. The van der Waals surface area contributed by atoms with E-state index in [0.717, 1.165) is 6.92 Å². The van der Waals surface area contributed by atoms with Crippen molar-refractivity contribution < 1.29 is 39.1 Å². The molecule has 1 aliphatic heterocycles. The number of aliphatic hydroxyl groups is 3. The van der Waals surface area contributed by atoms with Crippen LogP contribution in [0.5, 0.6) is 0 Å². The zero-order valence-corrected chi connectivity index (χ0v) is 9.98. The van der Waals surface area contributed by atoms with Crippen LogP contribution in [0, 0.1) is 0 Å². The summed E-state index contributed by atoms with van der Waals surface area (Å²) in [6.45, 7) is 1.94. The van der Waals surface area contributed by atoms with E-state index in [1.807, 2.05) is 0 Å². The van der Waals surface area contributed by atoms with Crippen LogP contribution in [0.3, 0.4) is 0 Å². The molecule has 1 aliphatic rings. The van der Waals surface area contributed by atoms with Gasteiger partial charge >= 0.3 is 11.9 Å². The summed E-state index contributed by atoms with van der Waals surface area (Å²) in [5, 5.41) is 28.9. The lowest BCUT2D eigenvalue weighted by Crippen LogP contribution is -2.59. The molecule has 0 saturated carbocycles. The molecule has 1 heterocycles. The molecule has 3 N–H and O–H groups in total. The topological polar surface area (TPSA) is 123 Å². The largest absolute Gasteiger partial charge is 0.463 e. The average molecular weight is 264 g/mol. The molecule has 18 heavy (non-hydrogen) atoms. The van der Waals surface area contributed by atoms with E-state index in [2.05, 4.69) is 9.47 Å². The highest BCUT2D eigenvalue weighted by Gasteiger charge is 2.46. The van der Waals surface area contributed by atoms with E-state index < -0.39 is 42.6 Å². The Morgan fingerprint density at radius 2 is 1.72 bits per heavy atom. The molecule has 1 rings (SSSR count). The second-order valence-electron chi connectivity index (χ2n) is 3.92. The van der Waals surface area contributed by atoms with E-state index in [1.54, 1.807) is 0 Å². The Morgan fingerprint density at radius 3 is 2.22 bits per heavy atom. The van der Waals surface area contributed by atoms with Crippen LogP contribution in [-0.2, 0) is 23.8 Å². The molecule has 0 aromatic heterocycles. The second kappa shape index (κ2) is 6.10. The van der Waals surface area contributed by atoms with Crippen molar-refractivity contribution in [3.05, 3.63) is 0 Å². The summed E-state index contributed by atoms with van der Waals surface area (Å²) in [6, 6.07) is 0. The Morgan fingerprint density at radius 1 is 1.11 bits per heavy atom. The minimum absolute atomic E-state index is 0.322. The van der Waals surface area contributed by atoms with E-state index >= 15 is 0 Å². The molecule has 5 atom stereocenters. The zero-order valence-electron chi connectivity index (χ0n) is 9.98. The highest BCUT2D eigenvalue weighted by Crippen LogP contribution is 2.22. The molecule has 1 saturated heterocycles. The van der Waals surface area contributed by atoms with Crippen LogP contribution in [0.15, 0.2) is 0 Å². The van der Waals surface area contributed by atoms with Gasteiger partial charge in [0.15, 0.2) is 12.4 Å². The van der Waals surface area contributed by atoms with Crippen molar-refractivity contribution in [2.45, 2.75) is 44.6 Å². The van der Waals surface area contributed by atoms with Gasteiger partial charge in [0, 0.05) is 13.8 Å². The fraction of sp³-hybridized carbons (Fsp3) is 0.800. The van der Waals surface area contributed by atoms with Crippen LogP contribution in [0.25, 0.3) is 0 Å². The first-order valence-corrected chi connectivity index (χ1v) is 5.33. The van der Waals surface area contributed by atoms with Gasteiger partial charge in [0.25, 0.3) is 0 Å². The van der Waals surface area contributed by atoms with Gasteiger partial charge in [-0.2, -0.15) is 0 Å². The molecule has 0 aromatic rings. The van der Waals surface area contributed by atoms with E-state index in [1.165, 1.54) is 6.92 Å². The lowest BCUT2D eigenvalue weighted by molar-refractivity contribution is -0.291. The summed E-state index contributed by atoms with van der Waals surface area (Å²) in [4.78, 5) is 21.4. The first-order chi connectivity index (χ1) is 8.32. The summed E-state index contributed by atoms with van der Waals surface area (Å²) in [7, 11) is 0. The molecule has 104 valence electrons. The van der Waals surface area contributed by atoms with Crippen molar-refractivity contribution in [3.8, 4) is 0 Å². The highest BCUT2D eigenvalue weighted by molar-refractivity contribution is 5.66. The Labute approximate surface area is 103 Å². The summed E-state index contributed by atoms with van der Waals surface area (Å²) < 4.78 is 14.2. The van der Waals surface area contributed by atoms with E-state index in [4.69, 9.17) is 4.74 Å². The monoisotopic (exact) mass is 264 g/mol. The van der Waals surface area contributed by atoms with Crippen LogP contribution in [0.1, 0.15) is 13.8 Å². The molecule has 8 nitrogen and oxygen atoms in total. The third kappa shape index (κ3) is 3.64. The number of esters is 2. The molecule has 0 spiro atoms. The van der Waals surface area contributed by atoms with Gasteiger partial charge in [-0.05, 0) is 0 Å². The second-order valence-corrected chi connectivity index (χ2v) is 3.92.